The molecule has 4 fully saturated rings. The second-order valence-electron chi connectivity index (χ2n) is 18.5. The molecule has 13 nitrogen and oxygen atoms in total. The summed E-state index contributed by atoms with van der Waals surface area (Å²) in [5.74, 6) is -5.50. The van der Waals surface area contributed by atoms with Crippen LogP contribution in [0.4, 0.5) is 0 Å². The third-order valence-corrected chi connectivity index (χ3v) is 13.7. The first-order chi connectivity index (χ1) is 28.3. The Bertz CT molecular complexity index is 1970. The Morgan fingerprint density at radius 1 is 1.07 bits per heavy atom. The number of Topliss-reactive ketones (excluding diaryl/α,β-unsaturated/α-hetero) is 2. The maximum Gasteiger partial charge on any atom is 0.324 e. The van der Waals surface area contributed by atoms with Crippen molar-refractivity contribution in [3.63, 3.8) is 0 Å². The summed E-state index contributed by atoms with van der Waals surface area (Å²) >= 11 is 0. The zero-order valence-corrected chi connectivity index (χ0v) is 37.0. The SMILES string of the molecule is C=CCN1C[C@@]2(C)C(=O)[C@H](C)C[C@](C)(OC/C=C/c3cnc4ccccc4c3)[C@H](O[C@@H]3O[C@H](C)C[C@H](N(C)C)[C@H]3O)[C@@H](C)C(=O)[C@@H](C)C(=O)O[C@H](CC)[C@@]3(C)OC(=O)[C@H]1[C@@H]32. The van der Waals surface area contributed by atoms with Crippen LogP contribution in [0.3, 0.4) is 0 Å². The van der Waals surface area contributed by atoms with Crippen molar-refractivity contribution in [2.24, 2.45) is 29.1 Å². The van der Waals surface area contributed by atoms with Gasteiger partial charge in [-0.3, -0.25) is 29.1 Å². The van der Waals surface area contributed by atoms with E-state index in [2.05, 4.69) is 11.6 Å². The molecular weight excluding hydrogens is 767 g/mol. The van der Waals surface area contributed by atoms with Gasteiger partial charge in [0.15, 0.2) is 17.7 Å². The number of ketones is 2. The predicted molar refractivity (Wildman–Crippen MR) is 226 cm³/mol. The number of likely N-dealkylation sites (N-methyl/N-ethyl adjacent to an activating group) is 1. The number of hydrogen-bond acceptors (Lipinski definition) is 13. The van der Waals surface area contributed by atoms with Crippen LogP contribution in [0.5, 0.6) is 0 Å². The fourth-order valence-electron chi connectivity index (χ4n) is 10.8. The van der Waals surface area contributed by atoms with Crippen LogP contribution < -0.4 is 0 Å². The molecule has 2 aromatic rings. The van der Waals surface area contributed by atoms with Crippen molar-refractivity contribution in [2.75, 3.05) is 33.8 Å². The smallest absolute Gasteiger partial charge is 0.324 e. The van der Waals surface area contributed by atoms with Crippen LogP contribution in [0.1, 0.15) is 80.2 Å². The molecular formula is C47H65N3O10. The van der Waals surface area contributed by atoms with E-state index in [4.69, 9.17) is 23.7 Å². The van der Waals surface area contributed by atoms with Crippen LogP contribution in [0.15, 0.2) is 55.3 Å². The molecule has 60 heavy (non-hydrogen) atoms. The third kappa shape index (κ3) is 8.50. The van der Waals surface area contributed by atoms with E-state index in [-0.39, 0.29) is 43.9 Å². The molecule has 14 atom stereocenters. The summed E-state index contributed by atoms with van der Waals surface area (Å²) in [5.41, 5.74) is -2.15. The van der Waals surface area contributed by atoms with Gasteiger partial charge < -0.3 is 33.7 Å². The second-order valence-corrected chi connectivity index (χ2v) is 18.5. The lowest BCUT2D eigenvalue weighted by Gasteiger charge is -2.48. The first-order valence-electron chi connectivity index (χ1n) is 21.5. The molecule has 4 saturated heterocycles. The van der Waals surface area contributed by atoms with E-state index in [1.54, 1.807) is 26.1 Å². The van der Waals surface area contributed by atoms with Gasteiger partial charge in [0.25, 0.3) is 0 Å². The molecule has 5 heterocycles. The average Bonchev–Trinajstić information content (AvgIpc) is 3.68. The molecule has 1 N–H and O–H groups in total. The maximum atomic E-state index is 15.3. The van der Waals surface area contributed by atoms with Gasteiger partial charge in [-0.2, -0.15) is 0 Å². The fraction of sp³-hybridized carbons (Fsp3) is 0.638. The van der Waals surface area contributed by atoms with Gasteiger partial charge in [-0.15, -0.1) is 6.58 Å². The Hall–Kier alpha value is -3.85. The van der Waals surface area contributed by atoms with E-state index in [0.29, 0.717) is 13.0 Å². The molecule has 6 rings (SSSR count). The molecule has 4 aliphatic rings. The van der Waals surface area contributed by atoms with E-state index >= 15 is 4.79 Å². The summed E-state index contributed by atoms with van der Waals surface area (Å²) in [6, 6.07) is 8.77. The number of para-hydroxylation sites is 1. The van der Waals surface area contributed by atoms with Gasteiger partial charge in [0.05, 0.1) is 29.9 Å². The number of hydrogen-bond donors (Lipinski definition) is 1. The van der Waals surface area contributed by atoms with Gasteiger partial charge in [0.1, 0.15) is 30.0 Å². The molecule has 0 bridgehead atoms. The largest absolute Gasteiger partial charge is 0.458 e. The molecule has 1 aromatic carbocycles. The topological polar surface area (TPSA) is 154 Å². The third-order valence-electron chi connectivity index (χ3n) is 13.7. The molecule has 1 aromatic heterocycles. The standard InChI is InChI=1S/C47H65N3O10/c1-12-20-50-26-45(7)39-36(50)43(55)60-47(39,9)35(13-2)58-42(54)30(6)37(51)29(5)41(59-44-38(52)34(49(10)11)22-28(4)57-44)46(8,24-27(3)40(45)53)56-21-16-17-31-23-32-18-14-15-19-33(32)48-25-31/h12,14-19,23,25,27-30,34-36,38-39,41,44,52H,1,13,20-22,24,26H2,2-11H3/b17-16+/t27-,28-,29+,30-,34+,35-,36-,38-,39-,41-,44+,45-,46+,47-/m1/s1. The Morgan fingerprint density at radius 3 is 2.47 bits per heavy atom. The van der Waals surface area contributed by atoms with Crippen molar-refractivity contribution in [2.45, 2.75) is 129 Å². The number of aromatic nitrogens is 1. The van der Waals surface area contributed by atoms with E-state index in [9.17, 15) is 19.5 Å². The molecule has 0 spiro atoms. The number of nitrogens with zero attached hydrogens (tertiary/aromatic N) is 3. The Morgan fingerprint density at radius 2 is 1.78 bits per heavy atom. The van der Waals surface area contributed by atoms with Gasteiger partial charge in [0, 0.05) is 53.9 Å². The van der Waals surface area contributed by atoms with Crippen LogP contribution in [-0.4, -0.2) is 131 Å². The van der Waals surface area contributed by atoms with Crippen LogP contribution in [0.25, 0.3) is 17.0 Å². The van der Waals surface area contributed by atoms with Gasteiger partial charge in [-0.1, -0.05) is 64.1 Å². The maximum absolute atomic E-state index is 15.3. The van der Waals surface area contributed by atoms with Crippen molar-refractivity contribution >= 4 is 40.5 Å². The number of ether oxygens (including phenoxy) is 5. The summed E-state index contributed by atoms with van der Waals surface area (Å²) in [4.78, 5) is 66.4. The number of carbonyl (C=O) groups is 4. The van der Waals surface area contributed by atoms with Crippen LogP contribution in [0, 0.1) is 29.1 Å². The zero-order valence-electron chi connectivity index (χ0n) is 37.0. The van der Waals surface area contributed by atoms with Crippen molar-refractivity contribution < 1.29 is 48.0 Å². The minimum atomic E-state index is -1.38. The number of carbonyl (C=O) groups excluding carboxylic acids is 4. The van der Waals surface area contributed by atoms with E-state index in [1.807, 2.05) is 101 Å². The summed E-state index contributed by atoms with van der Waals surface area (Å²) in [6.45, 7) is 18.8. The lowest BCUT2D eigenvalue weighted by Crippen LogP contribution is -2.60. The Labute approximate surface area is 354 Å². The van der Waals surface area contributed by atoms with E-state index < -0.39 is 88.7 Å². The van der Waals surface area contributed by atoms with Crippen molar-refractivity contribution in [3.05, 3.63) is 60.8 Å². The van der Waals surface area contributed by atoms with Gasteiger partial charge >= 0.3 is 11.9 Å². The monoisotopic (exact) mass is 831 g/mol. The minimum absolute atomic E-state index is 0.0566. The molecule has 0 amide bonds. The van der Waals surface area contributed by atoms with Crippen LogP contribution >= 0.6 is 0 Å². The van der Waals surface area contributed by atoms with Crippen molar-refractivity contribution in [1.29, 1.82) is 0 Å². The van der Waals surface area contributed by atoms with E-state index in [1.165, 1.54) is 6.92 Å². The van der Waals surface area contributed by atoms with Gasteiger partial charge in [-0.25, -0.2) is 0 Å². The number of likely N-dealkylation sites (tertiary alicyclic amines) is 1. The number of aliphatic hydroxyl groups excluding tert-OH is 1. The number of esters is 2. The lowest BCUT2D eigenvalue weighted by molar-refractivity contribution is -0.296. The number of aliphatic hydroxyl groups is 1. The number of fused-ring (bicyclic) bond motifs is 1. The first-order valence-corrected chi connectivity index (χ1v) is 21.5. The number of rotatable bonds is 10. The van der Waals surface area contributed by atoms with Crippen molar-refractivity contribution in [3.8, 4) is 0 Å². The highest BCUT2D eigenvalue weighted by Gasteiger charge is 2.71. The van der Waals surface area contributed by atoms with Crippen molar-refractivity contribution in [1.82, 2.24) is 14.8 Å². The molecule has 4 aliphatic heterocycles. The quantitative estimate of drug-likeness (QED) is 0.185. The summed E-state index contributed by atoms with van der Waals surface area (Å²) in [7, 11) is 3.76. The zero-order chi connectivity index (χ0) is 43.9. The lowest BCUT2D eigenvalue weighted by atomic mass is 9.62. The molecule has 0 aliphatic carbocycles. The molecule has 328 valence electrons. The molecule has 0 saturated carbocycles. The average molecular weight is 832 g/mol. The second kappa shape index (κ2) is 17.9. The highest BCUT2D eigenvalue weighted by molar-refractivity contribution is 6.00. The fourth-order valence-corrected chi connectivity index (χ4v) is 10.8. The van der Waals surface area contributed by atoms with Crippen LogP contribution in [-0.2, 0) is 42.9 Å². The van der Waals surface area contributed by atoms with Gasteiger partial charge in [-0.05, 0) is 78.7 Å². The predicted octanol–water partition coefficient (Wildman–Crippen LogP) is 5.41. The number of benzene rings is 1. The summed E-state index contributed by atoms with van der Waals surface area (Å²) in [5, 5.41) is 12.7. The van der Waals surface area contributed by atoms with Crippen LogP contribution in [0.2, 0.25) is 0 Å². The Balaban J connectivity index is 1.44. The normalized spacial score (nSPS) is 39.5. The van der Waals surface area contributed by atoms with Gasteiger partial charge in [0.2, 0.25) is 0 Å². The molecule has 0 radical (unpaired) electrons. The van der Waals surface area contributed by atoms with E-state index in [0.717, 1.165) is 16.5 Å². The Kier molecular flexibility index (Phi) is 13.6. The highest BCUT2D eigenvalue weighted by atomic mass is 16.7. The first kappa shape index (κ1) is 45.7. The molecule has 13 heteroatoms. The number of cyclic esters (lactones) is 1. The highest BCUT2D eigenvalue weighted by Crippen LogP contribution is 2.56. The summed E-state index contributed by atoms with van der Waals surface area (Å²) < 4.78 is 32.3. The molecule has 0 unspecified atom stereocenters. The summed E-state index contributed by atoms with van der Waals surface area (Å²) in [6.07, 6.45) is 3.54. The minimum Gasteiger partial charge on any atom is -0.458 e. The number of pyridine rings is 1.